The Morgan fingerprint density at radius 2 is 2.10 bits per heavy atom. The van der Waals surface area contributed by atoms with Gasteiger partial charge in [0.15, 0.2) is 6.10 Å². The van der Waals surface area contributed by atoms with Crippen LogP contribution in [0.4, 0.5) is 0 Å². The van der Waals surface area contributed by atoms with Crippen LogP contribution in [0.15, 0.2) is 48.7 Å². The molecule has 0 bridgehead atoms. The summed E-state index contributed by atoms with van der Waals surface area (Å²) in [4.78, 5) is 16.3. The van der Waals surface area contributed by atoms with Gasteiger partial charge in [0.1, 0.15) is 0 Å². The molecule has 0 saturated heterocycles. The van der Waals surface area contributed by atoms with Crippen molar-refractivity contribution in [2.45, 2.75) is 12.6 Å². The Bertz CT molecular complexity index is 633. The fourth-order valence-corrected chi connectivity index (χ4v) is 1.87. The topological polar surface area (TPSA) is 75.0 Å². The number of methoxy groups -OCH3 is 1. The number of pyridine rings is 1. The van der Waals surface area contributed by atoms with Gasteiger partial charge in [0, 0.05) is 19.9 Å². The quantitative estimate of drug-likeness (QED) is 0.909. The number of hydrogen-bond acceptors (Lipinski definition) is 4. The second-order valence-electron chi connectivity index (χ2n) is 4.40. The molecule has 1 atom stereocenters. The smallest absolute Gasteiger partial charge is 0.255 e. The highest BCUT2D eigenvalue weighted by atomic mass is 16.5. The van der Waals surface area contributed by atoms with Crippen LogP contribution in [0, 0.1) is 11.3 Å². The number of carbonyl (C=O) groups is 1. The lowest BCUT2D eigenvalue weighted by atomic mass is 10.1. The molecule has 0 aliphatic heterocycles. The average molecular weight is 281 g/mol. The first kappa shape index (κ1) is 14.7. The Kier molecular flexibility index (Phi) is 5.02. The maximum atomic E-state index is 12.1. The Hall–Kier alpha value is -2.71. The largest absolute Gasteiger partial charge is 0.365 e. The van der Waals surface area contributed by atoms with Crippen molar-refractivity contribution in [1.82, 2.24) is 10.3 Å². The number of nitriles is 1. The van der Waals surface area contributed by atoms with Crippen LogP contribution in [0.5, 0.6) is 0 Å². The van der Waals surface area contributed by atoms with Crippen LogP contribution < -0.4 is 5.32 Å². The third-order valence-corrected chi connectivity index (χ3v) is 2.98. The molecule has 0 aliphatic carbocycles. The van der Waals surface area contributed by atoms with Crippen LogP contribution in [0.2, 0.25) is 0 Å². The second-order valence-corrected chi connectivity index (χ2v) is 4.40. The van der Waals surface area contributed by atoms with Gasteiger partial charge in [0.2, 0.25) is 0 Å². The summed E-state index contributed by atoms with van der Waals surface area (Å²) in [6.07, 6.45) is 0.888. The number of nitrogens with zero attached hydrogens (tertiary/aromatic N) is 2. The predicted molar refractivity (Wildman–Crippen MR) is 77.0 cm³/mol. The Labute approximate surface area is 123 Å². The summed E-state index contributed by atoms with van der Waals surface area (Å²) in [6.45, 7) is 0.372. The van der Waals surface area contributed by atoms with Crippen LogP contribution >= 0.6 is 0 Å². The number of nitrogens with one attached hydrogen (secondary N) is 1. The summed E-state index contributed by atoms with van der Waals surface area (Å²) in [5, 5.41) is 11.5. The lowest BCUT2D eigenvalue weighted by Gasteiger charge is -2.14. The van der Waals surface area contributed by atoms with Crippen LogP contribution in [0.3, 0.4) is 0 Å². The second kappa shape index (κ2) is 7.17. The van der Waals surface area contributed by atoms with Gasteiger partial charge in [-0.1, -0.05) is 18.2 Å². The van der Waals surface area contributed by atoms with Gasteiger partial charge in [-0.2, -0.15) is 5.26 Å². The minimum absolute atomic E-state index is 0.249. The van der Waals surface area contributed by atoms with E-state index < -0.39 is 6.10 Å². The summed E-state index contributed by atoms with van der Waals surface area (Å²) in [7, 11) is 1.47. The number of rotatable bonds is 5. The van der Waals surface area contributed by atoms with Crippen molar-refractivity contribution < 1.29 is 9.53 Å². The number of benzene rings is 1. The van der Waals surface area contributed by atoms with Crippen molar-refractivity contribution >= 4 is 5.91 Å². The molecular formula is C16H15N3O2. The summed E-state index contributed by atoms with van der Waals surface area (Å²) in [6, 6.07) is 14.4. The number of aromatic nitrogens is 1. The van der Waals surface area contributed by atoms with Crippen LogP contribution in [-0.4, -0.2) is 18.0 Å². The predicted octanol–water partition coefficient (Wildman–Crippen LogP) is 1.96. The SMILES string of the molecule is CO[C@H](C(=O)NCc1ccc(C#N)cc1)c1ccccn1. The zero-order chi connectivity index (χ0) is 15.1. The van der Waals surface area contributed by atoms with E-state index in [2.05, 4.69) is 16.4 Å². The van der Waals surface area contributed by atoms with Crippen molar-refractivity contribution in [3.63, 3.8) is 0 Å². The molecular weight excluding hydrogens is 266 g/mol. The van der Waals surface area contributed by atoms with E-state index in [4.69, 9.17) is 10.00 Å². The summed E-state index contributed by atoms with van der Waals surface area (Å²) in [5.41, 5.74) is 2.07. The lowest BCUT2D eigenvalue weighted by molar-refractivity contribution is -0.131. The lowest BCUT2D eigenvalue weighted by Crippen LogP contribution is -2.30. The van der Waals surface area contributed by atoms with E-state index in [1.54, 1.807) is 42.6 Å². The molecule has 1 aromatic carbocycles. The number of carbonyl (C=O) groups excluding carboxylic acids is 1. The zero-order valence-corrected chi connectivity index (χ0v) is 11.6. The minimum atomic E-state index is -0.732. The Morgan fingerprint density at radius 3 is 2.67 bits per heavy atom. The average Bonchev–Trinajstić information content (AvgIpc) is 2.55. The van der Waals surface area contributed by atoms with E-state index in [9.17, 15) is 4.79 Å². The zero-order valence-electron chi connectivity index (χ0n) is 11.6. The first-order valence-electron chi connectivity index (χ1n) is 6.45. The molecule has 1 heterocycles. The van der Waals surface area contributed by atoms with E-state index >= 15 is 0 Å². The Balaban J connectivity index is 1.98. The highest BCUT2D eigenvalue weighted by Gasteiger charge is 2.20. The first-order valence-corrected chi connectivity index (χ1v) is 6.45. The molecule has 106 valence electrons. The van der Waals surface area contributed by atoms with E-state index in [0.29, 0.717) is 17.8 Å². The Morgan fingerprint density at radius 1 is 1.33 bits per heavy atom. The van der Waals surface area contributed by atoms with Gasteiger partial charge in [-0.3, -0.25) is 9.78 Å². The highest BCUT2D eigenvalue weighted by Crippen LogP contribution is 2.14. The van der Waals surface area contributed by atoms with Gasteiger partial charge >= 0.3 is 0 Å². The third kappa shape index (κ3) is 3.88. The van der Waals surface area contributed by atoms with Crippen LogP contribution in [0.25, 0.3) is 0 Å². The maximum Gasteiger partial charge on any atom is 0.255 e. The summed E-state index contributed by atoms with van der Waals surface area (Å²) >= 11 is 0. The van der Waals surface area contributed by atoms with E-state index in [1.165, 1.54) is 7.11 Å². The third-order valence-electron chi connectivity index (χ3n) is 2.98. The van der Waals surface area contributed by atoms with Gasteiger partial charge in [-0.15, -0.1) is 0 Å². The minimum Gasteiger partial charge on any atom is -0.365 e. The van der Waals surface area contributed by atoms with Crippen LogP contribution in [0.1, 0.15) is 22.9 Å². The normalized spacial score (nSPS) is 11.4. The molecule has 0 saturated carbocycles. The van der Waals surface area contributed by atoms with E-state index in [0.717, 1.165) is 5.56 Å². The van der Waals surface area contributed by atoms with Gasteiger partial charge in [-0.25, -0.2) is 0 Å². The molecule has 1 amide bonds. The van der Waals surface area contributed by atoms with E-state index in [1.807, 2.05) is 6.07 Å². The van der Waals surface area contributed by atoms with Crippen molar-refractivity contribution in [3.05, 3.63) is 65.5 Å². The standard InChI is InChI=1S/C16H15N3O2/c1-21-15(14-4-2-3-9-18-14)16(20)19-11-13-7-5-12(10-17)6-8-13/h2-9,15H,11H2,1H3,(H,19,20)/t15-/m0/s1. The van der Waals surface area contributed by atoms with Crippen molar-refractivity contribution in [2.75, 3.05) is 7.11 Å². The number of hydrogen-bond donors (Lipinski definition) is 1. The van der Waals surface area contributed by atoms with Crippen molar-refractivity contribution in [2.24, 2.45) is 0 Å². The summed E-state index contributed by atoms with van der Waals surface area (Å²) < 4.78 is 5.21. The molecule has 1 aromatic heterocycles. The monoisotopic (exact) mass is 281 g/mol. The molecule has 2 aromatic rings. The number of ether oxygens (including phenoxy) is 1. The molecule has 0 fully saturated rings. The van der Waals surface area contributed by atoms with Crippen molar-refractivity contribution in [1.29, 1.82) is 5.26 Å². The first-order chi connectivity index (χ1) is 10.2. The summed E-state index contributed by atoms with van der Waals surface area (Å²) in [5.74, 6) is -0.249. The number of amides is 1. The molecule has 0 spiro atoms. The fourth-order valence-electron chi connectivity index (χ4n) is 1.87. The molecule has 0 radical (unpaired) electrons. The fraction of sp³-hybridized carbons (Fsp3) is 0.188. The van der Waals surface area contributed by atoms with E-state index in [-0.39, 0.29) is 5.91 Å². The highest BCUT2D eigenvalue weighted by molar-refractivity contribution is 5.81. The van der Waals surface area contributed by atoms with Crippen LogP contribution in [-0.2, 0) is 16.1 Å². The molecule has 0 aliphatic rings. The molecule has 2 rings (SSSR count). The molecule has 0 unspecified atom stereocenters. The van der Waals surface area contributed by atoms with Crippen molar-refractivity contribution in [3.8, 4) is 6.07 Å². The molecule has 1 N–H and O–H groups in total. The van der Waals surface area contributed by atoms with Gasteiger partial charge < -0.3 is 10.1 Å². The van der Waals surface area contributed by atoms with Gasteiger partial charge in [-0.05, 0) is 29.8 Å². The van der Waals surface area contributed by atoms with Gasteiger partial charge in [0.05, 0.1) is 17.3 Å². The molecule has 5 heteroatoms. The molecule has 21 heavy (non-hydrogen) atoms. The maximum absolute atomic E-state index is 12.1. The van der Waals surface area contributed by atoms with Gasteiger partial charge in [0.25, 0.3) is 5.91 Å². The molecule has 5 nitrogen and oxygen atoms in total.